The van der Waals surface area contributed by atoms with Crippen LogP contribution in [0.1, 0.15) is 12.7 Å². The largest absolute Gasteiger partial charge is 0.384 e. The molecule has 0 amide bonds. The Labute approximate surface area is 99.1 Å². The molecule has 0 bridgehead atoms. The van der Waals surface area contributed by atoms with E-state index in [0.717, 1.165) is 24.6 Å². The Morgan fingerprint density at radius 1 is 1.41 bits per heavy atom. The van der Waals surface area contributed by atoms with Crippen molar-refractivity contribution >= 4 is 11.6 Å². The van der Waals surface area contributed by atoms with Crippen molar-refractivity contribution in [3.63, 3.8) is 0 Å². The summed E-state index contributed by atoms with van der Waals surface area (Å²) >= 11 is 0. The van der Waals surface area contributed by atoms with Gasteiger partial charge in [-0.15, -0.1) is 5.10 Å². The van der Waals surface area contributed by atoms with E-state index in [2.05, 4.69) is 25.6 Å². The predicted octanol–water partition coefficient (Wildman–Crippen LogP) is 0.325. The fourth-order valence-corrected chi connectivity index (χ4v) is 1.42. The van der Waals surface area contributed by atoms with Crippen molar-refractivity contribution in [1.82, 2.24) is 25.0 Å². The van der Waals surface area contributed by atoms with Gasteiger partial charge in [0.15, 0.2) is 0 Å². The van der Waals surface area contributed by atoms with Crippen molar-refractivity contribution in [2.24, 2.45) is 0 Å². The average Bonchev–Trinajstić information content (AvgIpc) is 2.81. The van der Waals surface area contributed by atoms with Gasteiger partial charge in [0.25, 0.3) is 0 Å². The quantitative estimate of drug-likeness (QED) is 0.772. The summed E-state index contributed by atoms with van der Waals surface area (Å²) in [6, 6.07) is 1.72. The summed E-state index contributed by atoms with van der Waals surface area (Å²) in [6.07, 6.45) is 4.23. The van der Waals surface area contributed by atoms with Gasteiger partial charge >= 0.3 is 0 Å². The Balaban J connectivity index is 1.92. The second-order valence-electron chi connectivity index (χ2n) is 3.54. The van der Waals surface area contributed by atoms with Crippen molar-refractivity contribution in [1.29, 1.82) is 0 Å². The van der Waals surface area contributed by atoms with E-state index in [1.165, 1.54) is 0 Å². The van der Waals surface area contributed by atoms with E-state index in [1.54, 1.807) is 16.9 Å². The Hall–Kier alpha value is -2.18. The van der Waals surface area contributed by atoms with Gasteiger partial charge in [-0.2, -0.15) is 0 Å². The molecule has 7 heteroatoms. The van der Waals surface area contributed by atoms with E-state index in [1.807, 2.05) is 13.1 Å². The minimum atomic E-state index is 0.486. The molecular formula is C10H15N7. The lowest BCUT2D eigenvalue weighted by Crippen LogP contribution is -2.13. The molecule has 3 N–H and O–H groups in total. The highest BCUT2D eigenvalue weighted by molar-refractivity contribution is 5.44. The lowest BCUT2D eigenvalue weighted by molar-refractivity contribution is 0.608. The van der Waals surface area contributed by atoms with E-state index in [9.17, 15) is 0 Å². The van der Waals surface area contributed by atoms with Crippen LogP contribution in [0.25, 0.3) is 0 Å². The van der Waals surface area contributed by atoms with Crippen molar-refractivity contribution in [3.05, 3.63) is 24.3 Å². The van der Waals surface area contributed by atoms with Crippen LogP contribution in [0, 0.1) is 0 Å². The number of nitrogen functional groups attached to an aromatic ring is 1. The van der Waals surface area contributed by atoms with Crippen LogP contribution >= 0.6 is 0 Å². The van der Waals surface area contributed by atoms with Gasteiger partial charge < -0.3 is 11.1 Å². The zero-order valence-corrected chi connectivity index (χ0v) is 9.67. The first-order valence-corrected chi connectivity index (χ1v) is 5.49. The predicted molar refractivity (Wildman–Crippen MR) is 64.3 cm³/mol. The molecule has 7 nitrogen and oxygen atoms in total. The third-order valence-electron chi connectivity index (χ3n) is 2.23. The maximum Gasteiger partial charge on any atom is 0.132 e. The molecule has 0 aliphatic carbocycles. The fraction of sp³-hybridized carbons (Fsp3) is 0.400. The van der Waals surface area contributed by atoms with Crippen molar-refractivity contribution in [2.75, 3.05) is 17.6 Å². The Kier molecular flexibility index (Phi) is 3.49. The summed E-state index contributed by atoms with van der Waals surface area (Å²) < 4.78 is 1.75. The topological polar surface area (TPSA) is 94.5 Å². The molecule has 0 unspecified atom stereocenters. The first-order chi connectivity index (χ1) is 8.28. The minimum absolute atomic E-state index is 0.486. The lowest BCUT2D eigenvalue weighted by Gasteiger charge is -2.07. The van der Waals surface area contributed by atoms with Crippen LogP contribution < -0.4 is 11.1 Å². The lowest BCUT2D eigenvalue weighted by atomic mass is 10.4. The highest BCUT2D eigenvalue weighted by Gasteiger charge is 2.00. The van der Waals surface area contributed by atoms with Crippen molar-refractivity contribution < 1.29 is 0 Å². The highest BCUT2D eigenvalue weighted by atomic mass is 15.4. The van der Waals surface area contributed by atoms with Gasteiger partial charge in [-0.25, -0.2) is 9.97 Å². The van der Waals surface area contributed by atoms with Crippen LogP contribution in [-0.2, 0) is 13.0 Å². The summed E-state index contributed by atoms with van der Waals surface area (Å²) in [4.78, 5) is 8.43. The molecular weight excluding hydrogens is 218 g/mol. The maximum absolute atomic E-state index is 5.68. The smallest absolute Gasteiger partial charge is 0.132 e. The second kappa shape index (κ2) is 5.24. The molecule has 0 aliphatic rings. The number of hydrogen-bond donors (Lipinski definition) is 2. The molecule has 0 saturated carbocycles. The maximum atomic E-state index is 5.68. The molecule has 2 aromatic rings. The average molecular weight is 233 g/mol. The Morgan fingerprint density at radius 2 is 2.29 bits per heavy atom. The molecule has 2 aromatic heterocycles. The summed E-state index contributed by atoms with van der Waals surface area (Å²) in [7, 11) is 0. The second-order valence-corrected chi connectivity index (χ2v) is 3.54. The van der Waals surface area contributed by atoms with Crippen LogP contribution in [0.15, 0.2) is 18.5 Å². The van der Waals surface area contributed by atoms with Crippen LogP contribution in [0.2, 0.25) is 0 Å². The van der Waals surface area contributed by atoms with E-state index in [4.69, 9.17) is 5.73 Å². The van der Waals surface area contributed by atoms with E-state index in [0.29, 0.717) is 12.4 Å². The molecule has 2 heterocycles. The summed E-state index contributed by atoms with van der Waals surface area (Å²) in [6.45, 7) is 3.43. The zero-order chi connectivity index (χ0) is 12.1. The molecule has 17 heavy (non-hydrogen) atoms. The molecule has 0 aliphatic heterocycles. The number of aryl methyl sites for hydroxylation is 1. The monoisotopic (exact) mass is 233 g/mol. The van der Waals surface area contributed by atoms with Crippen LogP contribution in [0.3, 0.4) is 0 Å². The van der Waals surface area contributed by atoms with Crippen LogP contribution in [-0.4, -0.2) is 31.5 Å². The van der Waals surface area contributed by atoms with Crippen molar-refractivity contribution in [2.45, 2.75) is 19.9 Å². The number of hydrogen-bond acceptors (Lipinski definition) is 6. The van der Waals surface area contributed by atoms with Gasteiger partial charge in [-0.1, -0.05) is 12.1 Å². The van der Waals surface area contributed by atoms with Crippen LogP contribution in [0.5, 0.6) is 0 Å². The molecule has 0 atom stereocenters. The third kappa shape index (κ3) is 3.13. The molecule has 0 spiro atoms. The fourth-order valence-electron chi connectivity index (χ4n) is 1.42. The molecule has 90 valence electrons. The Morgan fingerprint density at radius 3 is 3.00 bits per heavy atom. The van der Waals surface area contributed by atoms with E-state index >= 15 is 0 Å². The van der Waals surface area contributed by atoms with Crippen LogP contribution in [0.4, 0.5) is 11.6 Å². The number of anilines is 2. The first kappa shape index (κ1) is 11.3. The standard InChI is InChI=1S/C10H15N7/c1-2-9-14-8(11)7-10(15-9)12-3-5-17-6-4-13-16-17/h4,6-7H,2-3,5H2,1H3,(H3,11,12,14,15). The van der Waals surface area contributed by atoms with E-state index < -0.39 is 0 Å². The summed E-state index contributed by atoms with van der Waals surface area (Å²) in [5.41, 5.74) is 5.68. The summed E-state index contributed by atoms with van der Waals surface area (Å²) in [5.74, 6) is 1.97. The highest BCUT2D eigenvalue weighted by Crippen LogP contribution is 2.08. The van der Waals surface area contributed by atoms with Gasteiger partial charge in [0, 0.05) is 25.2 Å². The number of rotatable bonds is 5. The van der Waals surface area contributed by atoms with Gasteiger partial charge in [0.1, 0.15) is 17.5 Å². The number of aromatic nitrogens is 5. The number of nitrogens with two attached hydrogens (primary N) is 1. The zero-order valence-electron chi connectivity index (χ0n) is 9.67. The van der Waals surface area contributed by atoms with Gasteiger partial charge in [-0.05, 0) is 0 Å². The molecule has 0 radical (unpaired) electrons. The minimum Gasteiger partial charge on any atom is -0.384 e. The van der Waals surface area contributed by atoms with Gasteiger partial charge in [-0.3, -0.25) is 4.68 Å². The molecule has 0 aromatic carbocycles. The third-order valence-corrected chi connectivity index (χ3v) is 2.23. The Bertz CT molecular complexity index is 466. The van der Waals surface area contributed by atoms with Gasteiger partial charge in [0.05, 0.1) is 12.7 Å². The summed E-state index contributed by atoms with van der Waals surface area (Å²) in [5, 5.41) is 10.8. The molecule has 0 fully saturated rings. The first-order valence-electron chi connectivity index (χ1n) is 5.49. The van der Waals surface area contributed by atoms with Crippen molar-refractivity contribution in [3.8, 4) is 0 Å². The molecule has 2 rings (SSSR count). The number of nitrogens with one attached hydrogen (secondary N) is 1. The normalized spacial score (nSPS) is 10.4. The molecule has 0 saturated heterocycles. The number of nitrogens with zero attached hydrogens (tertiary/aromatic N) is 5. The van der Waals surface area contributed by atoms with E-state index in [-0.39, 0.29) is 0 Å². The SMILES string of the molecule is CCc1nc(N)cc(NCCn2ccnn2)n1. The van der Waals surface area contributed by atoms with Gasteiger partial charge in [0.2, 0.25) is 0 Å².